The molecule has 0 aliphatic carbocycles. The largest absolute Gasteiger partial charge is 0.495 e. The van der Waals surface area contributed by atoms with Crippen molar-refractivity contribution in [2.75, 3.05) is 23.0 Å². The van der Waals surface area contributed by atoms with Crippen LogP contribution < -0.4 is 14.4 Å². The van der Waals surface area contributed by atoms with E-state index >= 15 is 0 Å². The van der Waals surface area contributed by atoms with E-state index in [1.54, 1.807) is 24.3 Å². The summed E-state index contributed by atoms with van der Waals surface area (Å²) in [7, 11) is -2.36. The second kappa shape index (κ2) is 7.97. The fraction of sp³-hybridized carbons (Fsp3) is 0.278. The molecule has 0 saturated heterocycles. The Morgan fingerprint density at radius 1 is 1.19 bits per heavy atom. The molecule has 0 aromatic heterocycles. The van der Waals surface area contributed by atoms with Crippen molar-refractivity contribution >= 4 is 38.9 Å². The first-order chi connectivity index (χ1) is 12.1. The van der Waals surface area contributed by atoms with E-state index in [2.05, 4.69) is 5.32 Å². The van der Waals surface area contributed by atoms with E-state index in [4.69, 9.17) is 16.3 Å². The van der Waals surface area contributed by atoms with Crippen LogP contribution in [0.1, 0.15) is 12.5 Å². The third-order valence-corrected chi connectivity index (χ3v) is 5.25. The molecule has 2 aromatic rings. The molecule has 0 radical (unpaired) electrons. The number of amides is 1. The molecular formula is C18H21ClN2O4S. The highest BCUT2D eigenvalue weighted by Gasteiger charge is 2.31. The Hall–Kier alpha value is -2.25. The van der Waals surface area contributed by atoms with Crippen molar-refractivity contribution in [1.82, 2.24) is 0 Å². The summed E-state index contributed by atoms with van der Waals surface area (Å²) in [5, 5.41) is 3.06. The first kappa shape index (κ1) is 20.1. The van der Waals surface area contributed by atoms with Gasteiger partial charge < -0.3 is 10.1 Å². The predicted molar refractivity (Wildman–Crippen MR) is 105 cm³/mol. The van der Waals surface area contributed by atoms with Gasteiger partial charge in [-0.05, 0) is 44.2 Å². The van der Waals surface area contributed by atoms with Crippen LogP contribution in [0.2, 0.25) is 5.02 Å². The molecule has 2 aromatic carbocycles. The normalized spacial score (nSPS) is 12.3. The number of carbonyl (C=O) groups excluding carboxylic acids is 1. The Bertz CT molecular complexity index is 898. The maximum atomic E-state index is 12.7. The molecule has 0 heterocycles. The van der Waals surface area contributed by atoms with Crippen molar-refractivity contribution < 1.29 is 17.9 Å². The number of ether oxygens (including phenoxy) is 1. The van der Waals surface area contributed by atoms with Gasteiger partial charge in [-0.3, -0.25) is 9.10 Å². The molecule has 6 nitrogen and oxygen atoms in total. The van der Waals surface area contributed by atoms with Gasteiger partial charge in [0, 0.05) is 10.7 Å². The number of halogens is 1. The predicted octanol–water partition coefficient (Wildman–Crippen LogP) is 3.45. The minimum absolute atomic E-state index is 0.203. The molecule has 26 heavy (non-hydrogen) atoms. The quantitative estimate of drug-likeness (QED) is 0.811. The van der Waals surface area contributed by atoms with Crippen LogP contribution in [0.4, 0.5) is 11.4 Å². The van der Waals surface area contributed by atoms with Gasteiger partial charge in [-0.25, -0.2) is 8.42 Å². The lowest BCUT2D eigenvalue weighted by atomic mass is 10.2. The van der Waals surface area contributed by atoms with E-state index in [0.29, 0.717) is 16.5 Å². The first-order valence-corrected chi connectivity index (χ1v) is 10.1. The lowest BCUT2D eigenvalue weighted by molar-refractivity contribution is -0.116. The summed E-state index contributed by atoms with van der Waals surface area (Å²) in [6.07, 6.45) is 1.03. The van der Waals surface area contributed by atoms with E-state index in [9.17, 15) is 13.2 Å². The van der Waals surface area contributed by atoms with Gasteiger partial charge in [-0.1, -0.05) is 29.3 Å². The van der Waals surface area contributed by atoms with Crippen molar-refractivity contribution in [3.8, 4) is 5.75 Å². The van der Waals surface area contributed by atoms with Crippen LogP contribution in [-0.4, -0.2) is 33.7 Å². The number of benzene rings is 2. The van der Waals surface area contributed by atoms with Crippen LogP contribution in [0.3, 0.4) is 0 Å². The molecule has 1 amide bonds. The smallest absolute Gasteiger partial charge is 0.247 e. The zero-order chi connectivity index (χ0) is 19.5. The third kappa shape index (κ3) is 4.68. The lowest BCUT2D eigenvalue weighted by Gasteiger charge is -2.29. The van der Waals surface area contributed by atoms with Gasteiger partial charge in [0.25, 0.3) is 0 Å². The molecule has 0 fully saturated rings. The van der Waals surface area contributed by atoms with Crippen molar-refractivity contribution in [1.29, 1.82) is 0 Å². The molecule has 0 saturated carbocycles. The monoisotopic (exact) mass is 396 g/mol. The zero-order valence-corrected chi connectivity index (χ0v) is 16.6. The maximum absolute atomic E-state index is 12.7. The fourth-order valence-electron chi connectivity index (χ4n) is 2.50. The lowest BCUT2D eigenvalue weighted by Crippen LogP contribution is -2.45. The Morgan fingerprint density at radius 2 is 1.81 bits per heavy atom. The summed E-state index contributed by atoms with van der Waals surface area (Å²) < 4.78 is 31.0. The number of carbonyl (C=O) groups is 1. The summed E-state index contributed by atoms with van der Waals surface area (Å²) in [5.74, 6) is -0.170. The highest BCUT2D eigenvalue weighted by Crippen LogP contribution is 2.34. The molecule has 2 rings (SSSR count). The van der Waals surface area contributed by atoms with Gasteiger partial charge in [0.1, 0.15) is 11.8 Å². The molecule has 0 unspecified atom stereocenters. The Morgan fingerprint density at radius 3 is 2.35 bits per heavy atom. The van der Waals surface area contributed by atoms with Crippen molar-refractivity contribution in [2.45, 2.75) is 19.9 Å². The molecule has 1 atom stereocenters. The highest BCUT2D eigenvalue weighted by molar-refractivity contribution is 7.92. The van der Waals surface area contributed by atoms with Gasteiger partial charge in [-0.2, -0.15) is 0 Å². The van der Waals surface area contributed by atoms with E-state index in [-0.39, 0.29) is 5.69 Å². The third-order valence-electron chi connectivity index (χ3n) is 3.79. The summed E-state index contributed by atoms with van der Waals surface area (Å²) in [5.41, 5.74) is 1.84. The van der Waals surface area contributed by atoms with Crippen LogP contribution >= 0.6 is 11.6 Å². The number of methoxy groups -OCH3 is 1. The van der Waals surface area contributed by atoms with Gasteiger partial charge in [0.2, 0.25) is 15.9 Å². The fourth-order valence-corrected chi connectivity index (χ4v) is 3.84. The summed E-state index contributed by atoms with van der Waals surface area (Å²) in [6.45, 7) is 3.44. The number of hydrogen-bond donors (Lipinski definition) is 1. The van der Waals surface area contributed by atoms with Crippen LogP contribution in [0.25, 0.3) is 0 Å². The minimum Gasteiger partial charge on any atom is -0.495 e. The topological polar surface area (TPSA) is 75.7 Å². The number of hydrogen-bond acceptors (Lipinski definition) is 4. The van der Waals surface area contributed by atoms with Crippen LogP contribution in [0, 0.1) is 6.92 Å². The molecule has 8 heteroatoms. The number of nitrogens with zero attached hydrogens (tertiary/aromatic N) is 1. The van der Waals surface area contributed by atoms with Crippen LogP contribution in [-0.2, 0) is 14.8 Å². The maximum Gasteiger partial charge on any atom is 0.247 e. The Labute approximate surface area is 158 Å². The SMILES string of the molecule is COc1ccc(Cl)cc1N([C@H](C)C(=O)Nc1ccc(C)cc1)S(C)(=O)=O. The molecule has 0 bridgehead atoms. The molecule has 140 valence electrons. The summed E-state index contributed by atoms with van der Waals surface area (Å²) in [6, 6.07) is 10.8. The molecule has 0 aliphatic heterocycles. The number of aryl methyl sites for hydroxylation is 1. The standard InChI is InChI=1S/C18H21ClN2O4S/c1-12-5-8-15(9-6-12)20-18(22)13(2)21(26(4,23)24)16-11-14(19)7-10-17(16)25-3/h5-11,13H,1-4H3,(H,20,22)/t13-/m1/s1. The molecular weight excluding hydrogens is 376 g/mol. The first-order valence-electron chi connectivity index (χ1n) is 7.84. The highest BCUT2D eigenvalue weighted by atomic mass is 35.5. The van der Waals surface area contributed by atoms with Gasteiger partial charge in [0.05, 0.1) is 19.1 Å². The van der Waals surface area contributed by atoms with E-state index in [1.165, 1.54) is 20.1 Å². The van der Waals surface area contributed by atoms with E-state index in [0.717, 1.165) is 16.1 Å². The zero-order valence-electron chi connectivity index (χ0n) is 15.0. The Kier molecular flexibility index (Phi) is 6.15. The molecule has 0 spiro atoms. The van der Waals surface area contributed by atoms with Gasteiger partial charge in [0.15, 0.2) is 0 Å². The molecule has 0 aliphatic rings. The number of anilines is 2. The number of nitrogens with one attached hydrogen (secondary N) is 1. The number of rotatable bonds is 6. The van der Waals surface area contributed by atoms with E-state index in [1.807, 2.05) is 19.1 Å². The Balaban J connectivity index is 2.39. The van der Waals surface area contributed by atoms with Crippen LogP contribution in [0.5, 0.6) is 5.75 Å². The van der Waals surface area contributed by atoms with Crippen LogP contribution in [0.15, 0.2) is 42.5 Å². The summed E-state index contributed by atoms with van der Waals surface area (Å²) in [4.78, 5) is 12.7. The van der Waals surface area contributed by atoms with Crippen molar-refractivity contribution in [2.24, 2.45) is 0 Å². The second-order valence-electron chi connectivity index (χ2n) is 5.91. The molecule has 1 N–H and O–H groups in total. The van der Waals surface area contributed by atoms with Crippen molar-refractivity contribution in [3.63, 3.8) is 0 Å². The van der Waals surface area contributed by atoms with Gasteiger partial charge >= 0.3 is 0 Å². The van der Waals surface area contributed by atoms with E-state index < -0.39 is 22.0 Å². The summed E-state index contributed by atoms with van der Waals surface area (Å²) >= 11 is 6.02. The van der Waals surface area contributed by atoms with Crippen molar-refractivity contribution in [3.05, 3.63) is 53.1 Å². The average Bonchev–Trinajstić information content (AvgIpc) is 2.56. The average molecular weight is 397 g/mol. The minimum atomic E-state index is -3.78. The number of sulfonamides is 1. The second-order valence-corrected chi connectivity index (χ2v) is 8.20. The van der Waals surface area contributed by atoms with Gasteiger partial charge in [-0.15, -0.1) is 0 Å².